The van der Waals surface area contributed by atoms with E-state index in [0.717, 1.165) is 16.9 Å². The summed E-state index contributed by atoms with van der Waals surface area (Å²) in [6.07, 6.45) is 1.56. The molecular formula is C18H17ClN2O3S. The first-order chi connectivity index (χ1) is 12.2. The normalized spacial score (nSPS) is 13.0. The summed E-state index contributed by atoms with van der Waals surface area (Å²) in [6, 6.07) is 13.2. The number of thioether (sulfide) groups is 1. The lowest BCUT2D eigenvalue weighted by Crippen LogP contribution is -2.20. The summed E-state index contributed by atoms with van der Waals surface area (Å²) in [4.78, 5) is 11.9. The number of fused-ring (bicyclic) bond motifs is 1. The van der Waals surface area contributed by atoms with Crippen molar-refractivity contribution in [3.63, 3.8) is 0 Å². The van der Waals surface area contributed by atoms with Gasteiger partial charge in [-0.2, -0.15) is 5.10 Å². The molecule has 1 N–H and O–H groups in total. The van der Waals surface area contributed by atoms with Crippen molar-refractivity contribution in [1.29, 1.82) is 0 Å². The molecule has 0 unspecified atom stereocenters. The summed E-state index contributed by atoms with van der Waals surface area (Å²) >= 11 is 7.44. The molecule has 0 saturated carbocycles. The molecule has 0 saturated heterocycles. The molecule has 2 aromatic rings. The van der Waals surface area contributed by atoms with E-state index >= 15 is 0 Å². The lowest BCUT2D eigenvalue weighted by molar-refractivity contribution is -0.118. The van der Waals surface area contributed by atoms with Crippen LogP contribution >= 0.6 is 23.4 Å². The zero-order chi connectivity index (χ0) is 17.5. The Morgan fingerprint density at radius 1 is 1.24 bits per heavy atom. The predicted molar refractivity (Wildman–Crippen MR) is 101 cm³/mol. The third-order valence-electron chi connectivity index (χ3n) is 3.38. The standard InChI is InChI=1S/C18H17ClN2O3S/c19-15-5-1-3-13(9-15)11-25-12-17(22)21-20-10-14-4-2-6-16-18(14)24-8-7-23-16/h1-6,9-10H,7-8,11-12H2,(H,21,22)/b20-10-. The third kappa shape index (κ3) is 5.14. The number of carbonyl (C=O) groups is 1. The van der Waals surface area contributed by atoms with Gasteiger partial charge in [-0.25, -0.2) is 5.43 Å². The number of rotatable bonds is 6. The van der Waals surface area contributed by atoms with Crippen molar-refractivity contribution in [1.82, 2.24) is 5.43 Å². The van der Waals surface area contributed by atoms with Crippen LogP contribution < -0.4 is 14.9 Å². The Kier molecular flexibility index (Phi) is 6.19. The molecule has 5 nitrogen and oxygen atoms in total. The minimum atomic E-state index is -0.162. The second-order valence-electron chi connectivity index (χ2n) is 5.29. The largest absolute Gasteiger partial charge is 0.486 e. The number of hydrazone groups is 1. The Hall–Kier alpha value is -2.18. The smallest absolute Gasteiger partial charge is 0.250 e. The average Bonchev–Trinajstić information content (AvgIpc) is 2.62. The van der Waals surface area contributed by atoms with E-state index in [0.29, 0.717) is 35.5 Å². The molecule has 0 fully saturated rings. The maximum Gasteiger partial charge on any atom is 0.250 e. The Morgan fingerprint density at radius 3 is 2.96 bits per heavy atom. The highest BCUT2D eigenvalue weighted by atomic mass is 35.5. The number of ether oxygens (including phenoxy) is 2. The fourth-order valence-corrected chi connectivity index (χ4v) is 3.27. The number of carbonyl (C=O) groups excluding carboxylic acids is 1. The lowest BCUT2D eigenvalue weighted by atomic mass is 10.2. The Labute approximate surface area is 155 Å². The predicted octanol–water partition coefficient (Wildman–Crippen LogP) is 3.49. The van der Waals surface area contributed by atoms with E-state index in [1.807, 2.05) is 42.5 Å². The summed E-state index contributed by atoms with van der Waals surface area (Å²) < 4.78 is 11.1. The summed E-state index contributed by atoms with van der Waals surface area (Å²) in [6.45, 7) is 1.04. The van der Waals surface area contributed by atoms with Gasteiger partial charge in [-0.3, -0.25) is 4.79 Å². The molecule has 1 aliphatic heterocycles. The second-order valence-corrected chi connectivity index (χ2v) is 6.71. The van der Waals surface area contributed by atoms with Gasteiger partial charge in [0, 0.05) is 16.3 Å². The van der Waals surface area contributed by atoms with Crippen molar-refractivity contribution in [3.05, 3.63) is 58.6 Å². The molecular weight excluding hydrogens is 360 g/mol. The maximum atomic E-state index is 11.9. The monoisotopic (exact) mass is 376 g/mol. The highest BCUT2D eigenvalue weighted by Crippen LogP contribution is 2.32. The van der Waals surface area contributed by atoms with Crippen LogP contribution in [-0.2, 0) is 10.5 Å². The molecule has 0 radical (unpaired) electrons. The molecule has 0 bridgehead atoms. The van der Waals surface area contributed by atoms with Crippen LogP contribution in [0.3, 0.4) is 0 Å². The van der Waals surface area contributed by atoms with Crippen LogP contribution in [0, 0.1) is 0 Å². The molecule has 2 aromatic carbocycles. The number of nitrogens with zero attached hydrogens (tertiary/aromatic N) is 1. The summed E-state index contributed by atoms with van der Waals surface area (Å²) in [7, 11) is 0. The van der Waals surface area contributed by atoms with Gasteiger partial charge in [0.15, 0.2) is 11.5 Å². The molecule has 1 aliphatic rings. The fourth-order valence-electron chi connectivity index (χ4n) is 2.29. The number of hydrogen-bond acceptors (Lipinski definition) is 5. The number of benzene rings is 2. The number of hydrogen-bond donors (Lipinski definition) is 1. The van der Waals surface area contributed by atoms with E-state index in [2.05, 4.69) is 10.5 Å². The average molecular weight is 377 g/mol. The van der Waals surface area contributed by atoms with Gasteiger partial charge in [0.1, 0.15) is 13.2 Å². The Bertz CT molecular complexity index is 783. The molecule has 1 heterocycles. The fraction of sp³-hybridized carbons (Fsp3) is 0.222. The zero-order valence-corrected chi connectivity index (χ0v) is 15.0. The van der Waals surface area contributed by atoms with Crippen LogP contribution in [0.25, 0.3) is 0 Å². The maximum absolute atomic E-state index is 11.9. The first-order valence-electron chi connectivity index (χ1n) is 7.75. The van der Waals surface area contributed by atoms with Gasteiger partial charge in [-0.1, -0.05) is 29.8 Å². The molecule has 1 amide bonds. The van der Waals surface area contributed by atoms with Crippen LogP contribution in [0.5, 0.6) is 11.5 Å². The molecule has 25 heavy (non-hydrogen) atoms. The second kappa shape index (κ2) is 8.78. The van der Waals surface area contributed by atoms with Crippen LogP contribution in [-0.4, -0.2) is 31.1 Å². The molecule has 130 valence electrons. The van der Waals surface area contributed by atoms with Gasteiger partial charge < -0.3 is 9.47 Å². The lowest BCUT2D eigenvalue weighted by Gasteiger charge is -2.19. The van der Waals surface area contributed by atoms with Gasteiger partial charge in [0.2, 0.25) is 5.91 Å². The van der Waals surface area contributed by atoms with Crippen molar-refractivity contribution in [3.8, 4) is 11.5 Å². The first kappa shape index (κ1) is 17.6. The minimum Gasteiger partial charge on any atom is -0.486 e. The van der Waals surface area contributed by atoms with Crippen LogP contribution in [0.1, 0.15) is 11.1 Å². The number of nitrogens with one attached hydrogen (secondary N) is 1. The van der Waals surface area contributed by atoms with Gasteiger partial charge in [0.25, 0.3) is 0 Å². The summed E-state index contributed by atoms with van der Waals surface area (Å²) in [5.74, 6) is 2.22. The number of para-hydroxylation sites is 1. The van der Waals surface area contributed by atoms with E-state index in [1.165, 1.54) is 11.8 Å². The molecule has 0 spiro atoms. The van der Waals surface area contributed by atoms with Crippen molar-refractivity contribution in [2.75, 3.05) is 19.0 Å². The van der Waals surface area contributed by atoms with Gasteiger partial charge in [-0.05, 0) is 29.8 Å². The summed E-state index contributed by atoms with van der Waals surface area (Å²) in [5, 5.41) is 4.69. The molecule has 0 aromatic heterocycles. The van der Waals surface area contributed by atoms with Crippen molar-refractivity contribution in [2.45, 2.75) is 5.75 Å². The quantitative estimate of drug-likeness (QED) is 0.619. The van der Waals surface area contributed by atoms with Crippen molar-refractivity contribution >= 4 is 35.5 Å². The topological polar surface area (TPSA) is 59.9 Å². The highest BCUT2D eigenvalue weighted by Gasteiger charge is 2.14. The molecule has 7 heteroatoms. The van der Waals surface area contributed by atoms with Crippen LogP contribution in [0.2, 0.25) is 5.02 Å². The molecule has 3 rings (SSSR count). The Balaban J connectivity index is 1.47. The first-order valence-corrected chi connectivity index (χ1v) is 9.28. The number of halogens is 1. The zero-order valence-electron chi connectivity index (χ0n) is 13.4. The van der Waals surface area contributed by atoms with E-state index < -0.39 is 0 Å². The van der Waals surface area contributed by atoms with E-state index in [4.69, 9.17) is 21.1 Å². The van der Waals surface area contributed by atoms with Crippen LogP contribution in [0.4, 0.5) is 0 Å². The van der Waals surface area contributed by atoms with E-state index in [-0.39, 0.29) is 5.91 Å². The molecule has 0 aliphatic carbocycles. The van der Waals surface area contributed by atoms with E-state index in [1.54, 1.807) is 6.21 Å². The SMILES string of the molecule is O=C(CSCc1cccc(Cl)c1)N/N=C\c1cccc2c1OCCO2. The minimum absolute atomic E-state index is 0.162. The van der Waals surface area contributed by atoms with Crippen LogP contribution in [0.15, 0.2) is 47.6 Å². The third-order valence-corrected chi connectivity index (χ3v) is 4.62. The van der Waals surface area contributed by atoms with Gasteiger partial charge in [0.05, 0.1) is 12.0 Å². The van der Waals surface area contributed by atoms with E-state index in [9.17, 15) is 4.79 Å². The molecule has 0 atom stereocenters. The Morgan fingerprint density at radius 2 is 2.08 bits per heavy atom. The van der Waals surface area contributed by atoms with Gasteiger partial charge in [-0.15, -0.1) is 11.8 Å². The van der Waals surface area contributed by atoms with Crippen molar-refractivity contribution in [2.24, 2.45) is 5.10 Å². The van der Waals surface area contributed by atoms with Gasteiger partial charge >= 0.3 is 0 Å². The highest BCUT2D eigenvalue weighted by molar-refractivity contribution is 7.99. The van der Waals surface area contributed by atoms with Crippen molar-refractivity contribution < 1.29 is 14.3 Å². The number of amides is 1. The summed E-state index contributed by atoms with van der Waals surface area (Å²) in [5.41, 5.74) is 4.38.